The van der Waals surface area contributed by atoms with Crippen LogP contribution in [0.25, 0.3) is 22.3 Å². The molecule has 0 atom stereocenters. The maximum atomic E-state index is 6.03. The van der Waals surface area contributed by atoms with Crippen LogP contribution >= 0.6 is 11.6 Å². The number of benzene rings is 3. The van der Waals surface area contributed by atoms with Crippen LogP contribution in [0.2, 0.25) is 5.02 Å². The van der Waals surface area contributed by atoms with Crippen molar-refractivity contribution in [1.29, 1.82) is 0 Å². The van der Waals surface area contributed by atoms with Crippen LogP contribution in [0, 0.1) is 0 Å². The first-order valence-corrected chi connectivity index (χ1v) is 9.36. The molecule has 0 aliphatic heterocycles. The molecule has 27 heavy (non-hydrogen) atoms. The summed E-state index contributed by atoms with van der Waals surface area (Å²) in [6.07, 6.45) is 0.964. The highest BCUT2D eigenvalue weighted by Crippen LogP contribution is 2.27. The van der Waals surface area contributed by atoms with E-state index in [1.54, 1.807) is 0 Å². The predicted octanol–water partition coefficient (Wildman–Crippen LogP) is 5.63. The zero-order valence-electron chi connectivity index (χ0n) is 15.1. The lowest BCUT2D eigenvalue weighted by Gasteiger charge is -2.21. The number of hydrogen-bond acceptors (Lipinski definition) is 3. The van der Waals surface area contributed by atoms with E-state index in [2.05, 4.69) is 42.3 Å². The van der Waals surface area contributed by atoms with Crippen LogP contribution in [0.1, 0.15) is 5.56 Å². The molecule has 0 aliphatic rings. The first-order chi connectivity index (χ1) is 13.2. The number of aromatic nitrogens is 2. The molecule has 3 nitrogen and oxygen atoms in total. The molecule has 0 amide bonds. The summed E-state index contributed by atoms with van der Waals surface area (Å²) in [6, 6.07) is 26.3. The summed E-state index contributed by atoms with van der Waals surface area (Å²) in [5.41, 5.74) is 3.22. The lowest BCUT2D eigenvalue weighted by Crippen LogP contribution is -2.22. The number of nitrogens with zero attached hydrogens (tertiary/aromatic N) is 3. The fourth-order valence-corrected chi connectivity index (χ4v) is 3.25. The number of hydrogen-bond donors (Lipinski definition) is 0. The van der Waals surface area contributed by atoms with E-state index in [1.165, 1.54) is 5.56 Å². The molecule has 1 aromatic heterocycles. The number of anilines is 1. The van der Waals surface area contributed by atoms with Gasteiger partial charge in [0.05, 0.1) is 5.52 Å². The van der Waals surface area contributed by atoms with Gasteiger partial charge in [-0.2, -0.15) is 0 Å². The topological polar surface area (TPSA) is 29.0 Å². The standard InChI is InChI=1S/C23H20ClN3/c1-27(16-15-17-7-3-2-4-8-17)23-20-9-5-6-10-21(20)25-22(26-23)18-11-13-19(24)14-12-18/h2-14H,15-16H2,1H3. The zero-order valence-corrected chi connectivity index (χ0v) is 15.9. The molecule has 0 fully saturated rings. The van der Waals surface area contributed by atoms with Crippen LogP contribution in [-0.2, 0) is 6.42 Å². The highest BCUT2D eigenvalue weighted by atomic mass is 35.5. The van der Waals surface area contributed by atoms with Crippen molar-refractivity contribution in [3.8, 4) is 11.4 Å². The van der Waals surface area contributed by atoms with Gasteiger partial charge in [0.25, 0.3) is 0 Å². The van der Waals surface area contributed by atoms with Crippen molar-refractivity contribution in [3.63, 3.8) is 0 Å². The van der Waals surface area contributed by atoms with Gasteiger partial charge in [-0.3, -0.25) is 0 Å². The number of halogens is 1. The van der Waals surface area contributed by atoms with Crippen molar-refractivity contribution in [2.24, 2.45) is 0 Å². The summed E-state index contributed by atoms with van der Waals surface area (Å²) in [7, 11) is 2.09. The van der Waals surface area contributed by atoms with Crippen molar-refractivity contribution in [3.05, 3.63) is 89.4 Å². The van der Waals surface area contributed by atoms with Crippen LogP contribution in [0.4, 0.5) is 5.82 Å². The predicted molar refractivity (Wildman–Crippen MR) is 113 cm³/mol. The van der Waals surface area contributed by atoms with E-state index in [0.29, 0.717) is 10.8 Å². The SMILES string of the molecule is CN(CCc1ccccc1)c1nc(-c2ccc(Cl)cc2)nc2ccccc12. The van der Waals surface area contributed by atoms with Crippen LogP contribution in [0.15, 0.2) is 78.9 Å². The molecule has 0 unspecified atom stereocenters. The normalized spacial score (nSPS) is 10.9. The van der Waals surface area contributed by atoms with Crippen molar-refractivity contribution in [2.75, 3.05) is 18.5 Å². The Balaban J connectivity index is 1.70. The van der Waals surface area contributed by atoms with E-state index in [-0.39, 0.29) is 0 Å². The maximum Gasteiger partial charge on any atom is 0.162 e. The Bertz CT molecular complexity index is 1050. The van der Waals surface area contributed by atoms with E-state index in [0.717, 1.165) is 35.2 Å². The summed E-state index contributed by atoms with van der Waals surface area (Å²) in [6.45, 7) is 0.880. The fourth-order valence-electron chi connectivity index (χ4n) is 3.13. The summed E-state index contributed by atoms with van der Waals surface area (Å²) in [5, 5.41) is 1.77. The molecule has 4 heteroatoms. The van der Waals surface area contributed by atoms with Gasteiger partial charge in [-0.25, -0.2) is 9.97 Å². The van der Waals surface area contributed by atoms with Crippen molar-refractivity contribution in [2.45, 2.75) is 6.42 Å². The number of likely N-dealkylation sites (N-methyl/N-ethyl adjacent to an activating group) is 1. The summed E-state index contributed by atoms with van der Waals surface area (Å²) in [4.78, 5) is 11.8. The Hall–Kier alpha value is -2.91. The molecule has 0 radical (unpaired) electrons. The van der Waals surface area contributed by atoms with Gasteiger partial charge in [-0.15, -0.1) is 0 Å². The molecule has 0 saturated carbocycles. The minimum absolute atomic E-state index is 0.708. The number of rotatable bonds is 5. The minimum atomic E-state index is 0.708. The Morgan fingerprint density at radius 1 is 0.815 bits per heavy atom. The fraction of sp³-hybridized carbons (Fsp3) is 0.130. The van der Waals surface area contributed by atoms with Gasteiger partial charge in [0, 0.05) is 29.6 Å². The molecule has 3 aromatic carbocycles. The van der Waals surface area contributed by atoms with E-state index in [1.807, 2.05) is 48.5 Å². The molecule has 0 bridgehead atoms. The van der Waals surface area contributed by atoms with Crippen molar-refractivity contribution in [1.82, 2.24) is 9.97 Å². The lowest BCUT2D eigenvalue weighted by molar-refractivity contribution is 0.863. The second-order valence-corrected chi connectivity index (χ2v) is 6.99. The zero-order chi connectivity index (χ0) is 18.6. The van der Waals surface area contributed by atoms with Gasteiger partial charge in [0.15, 0.2) is 5.82 Å². The third kappa shape index (κ3) is 3.93. The van der Waals surface area contributed by atoms with Gasteiger partial charge >= 0.3 is 0 Å². The Morgan fingerprint density at radius 2 is 1.52 bits per heavy atom. The highest BCUT2D eigenvalue weighted by molar-refractivity contribution is 6.30. The summed E-state index contributed by atoms with van der Waals surface area (Å²) in [5.74, 6) is 1.66. The van der Waals surface area contributed by atoms with E-state index < -0.39 is 0 Å². The molecule has 1 heterocycles. The molecule has 0 N–H and O–H groups in total. The average Bonchev–Trinajstić information content (AvgIpc) is 2.72. The van der Waals surface area contributed by atoms with Gasteiger partial charge in [-0.05, 0) is 48.4 Å². The highest BCUT2D eigenvalue weighted by Gasteiger charge is 2.13. The second kappa shape index (κ2) is 7.77. The quantitative estimate of drug-likeness (QED) is 0.454. The van der Waals surface area contributed by atoms with Crippen molar-refractivity contribution >= 4 is 28.3 Å². The van der Waals surface area contributed by atoms with E-state index >= 15 is 0 Å². The molecular formula is C23H20ClN3. The monoisotopic (exact) mass is 373 g/mol. The largest absolute Gasteiger partial charge is 0.359 e. The first kappa shape index (κ1) is 17.5. The van der Waals surface area contributed by atoms with Crippen LogP contribution in [0.3, 0.4) is 0 Å². The van der Waals surface area contributed by atoms with Gasteiger partial charge in [0.2, 0.25) is 0 Å². The van der Waals surface area contributed by atoms with E-state index in [9.17, 15) is 0 Å². The third-order valence-corrected chi connectivity index (χ3v) is 4.88. The summed E-state index contributed by atoms with van der Waals surface area (Å²) >= 11 is 6.03. The number of para-hydroxylation sites is 1. The van der Waals surface area contributed by atoms with Crippen LogP contribution < -0.4 is 4.90 Å². The van der Waals surface area contributed by atoms with Gasteiger partial charge in [-0.1, -0.05) is 54.1 Å². The Kier molecular flexibility index (Phi) is 5.03. The molecular weight excluding hydrogens is 354 g/mol. The lowest BCUT2D eigenvalue weighted by atomic mass is 10.1. The molecule has 4 rings (SSSR count). The smallest absolute Gasteiger partial charge is 0.162 e. The average molecular weight is 374 g/mol. The molecule has 0 aliphatic carbocycles. The Labute approximate surface area is 164 Å². The molecule has 0 spiro atoms. The molecule has 134 valence electrons. The Morgan fingerprint density at radius 3 is 2.30 bits per heavy atom. The van der Waals surface area contributed by atoms with Crippen LogP contribution in [-0.4, -0.2) is 23.6 Å². The summed E-state index contributed by atoms with van der Waals surface area (Å²) < 4.78 is 0. The molecule has 0 saturated heterocycles. The van der Waals surface area contributed by atoms with Crippen molar-refractivity contribution < 1.29 is 0 Å². The molecule has 4 aromatic rings. The van der Waals surface area contributed by atoms with Gasteiger partial charge < -0.3 is 4.90 Å². The van der Waals surface area contributed by atoms with Gasteiger partial charge in [0.1, 0.15) is 5.82 Å². The second-order valence-electron chi connectivity index (χ2n) is 6.55. The van der Waals surface area contributed by atoms with E-state index in [4.69, 9.17) is 21.6 Å². The maximum absolute atomic E-state index is 6.03. The minimum Gasteiger partial charge on any atom is -0.359 e. The number of fused-ring (bicyclic) bond motifs is 1. The first-order valence-electron chi connectivity index (χ1n) is 8.98. The van der Waals surface area contributed by atoms with Crippen LogP contribution in [0.5, 0.6) is 0 Å². The third-order valence-electron chi connectivity index (χ3n) is 4.63.